The SMILES string of the molecule is [C-]#N.[C-]#N.[C-]#N.[C-]#N.[C-]#N.[C-]#N.[Cu+2].[Cu+2].[Fe+2].c1ccc(C(c2ccccc2)c2ccccc2)cc1.c1ccc(C(c2ccccc2)c2ccccc2)cc1. The molecule has 6 aromatic rings. The van der Waals surface area contributed by atoms with E-state index in [4.69, 9.17) is 71.0 Å². The molecule has 0 amide bonds. The van der Waals surface area contributed by atoms with Gasteiger partial charge in [-0.2, -0.15) is 0 Å². The van der Waals surface area contributed by atoms with Crippen molar-refractivity contribution >= 4 is 0 Å². The summed E-state index contributed by atoms with van der Waals surface area (Å²) in [6.07, 6.45) is 0. The second kappa shape index (κ2) is 40.2. The minimum atomic E-state index is 0. The molecule has 268 valence electrons. The van der Waals surface area contributed by atoms with Crippen molar-refractivity contribution in [2.45, 2.75) is 11.8 Å². The van der Waals surface area contributed by atoms with Gasteiger partial charge in [-0.15, -0.1) is 0 Å². The molecule has 0 aliphatic carbocycles. The van der Waals surface area contributed by atoms with Crippen LogP contribution in [0, 0.1) is 71.0 Å². The van der Waals surface area contributed by atoms with Crippen molar-refractivity contribution in [3.05, 3.63) is 255 Å². The van der Waals surface area contributed by atoms with E-state index in [1.54, 1.807) is 0 Å². The van der Waals surface area contributed by atoms with Gasteiger partial charge in [0.1, 0.15) is 0 Å². The Morgan fingerprint density at radius 3 is 0.415 bits per heavy atom. The third-order valence-corrected chi connectivity index (χ3v) is 6.80. The molecule has 0 saturated carbocycles. The predicted octanol–water partition coefficient (Wildman–Crippen LogP) is 10.3. The Bertz CT molecular complexity index is 1430. The maximum Gasteiger partial charge on any atom is 2.00 e. The number of benzene rings is 6. The largest absolute Gasteiger partial charge is 2.00 e. The molecular formula is C44H32Cu2FeN6. The average Bonchev–Trinajstić information content (AvgIpc) is 3.25. The molecule has 0 bridgehead atoms. The third kappa shape index (κ3) is 20.3. The van der Waals surface area contributed by atoms with Crippen LogP contribution in [0.4, 0.5) is 0 Å². The topological polar surface area (TPSA) is 143 Å². The van der Waals surface area contributed by atoms with Crippen molar-refractivity contribution in [2.24, 2.45) is 0 Å². The van der Waals surface area contributed by atoms with Crippen LogP contribution in [0.25, 0.3) is 0 Å². The normalized spacial score (nSPS) is 7.81. The molecule has 0 aliphatic rings. The van der Waals surface area contributed by atoms with Gasteiger partial charge in [-0.1, -0.05) is 182 Å². The molecule has 6 rings (SSSR count). The first-order valence-corrected chi connectivity index (χ1v) is 14.5. The van der Waals surface area contributed by atoms with Crippen LogP contribution in [-0.2, 0) is 51.2 Å². The van der Waals surface area contributed by atoms with Crippen LogP contribution in [0.5, 0.6) is 0 Å². The van der Waals surface area contributed by atoms with Gasteiger partial charge in [0.05, 0.1) is 0 Å². The first kappa shape index (κ1) is 56.2. The fraction of sp³-hybridized carbons (Fsp3) is 0.0455. The average molecular weight is 828 g/mol. The van der Waals surface area contributed by atoms with Crippen LogP contribution in [-0.4, -0.2) is 0 Å². The standard InChI is InChI=1S/2C19H16.6CN.2Cu.Fe/c2*1-4-10-16(11-5-1)19(17-12-6-2-7-13-17)18-14-8-3-9-15-18;6*1-2;;;/h2*1-15,19H;;;;;;;;;/q;;6*-1;3*+2. The summed E-state index contributed by atoms with van der Waals surface area (Å²) >= 11 is 0. The molecule has 0 aliphatic heterocycles. The van der Waals surface area contributed by atoms with Gasteiger partial charge in [-0.25, -0.2) is 0 Å². The molecule has 9 heteroatoms. The molecule has 0 heterocycles. The summed E-state index contributed by atoms with van der Waals surface area (Å²) in [4.78, 5) is 0. The van der Waals surface area contributed by atoms with Gasteiger partial charge >= 0.3 is 51.2 Å². The summed E-state index contributed by atoms with van der Waals surface area (Å²) in [6, 6.07) is 64.0. The first-order valence-electron chi connectivity index (χ1n) is 14.5. The summed E-state index contributed by atoms with van der Waals surface area (Å²) in [7, 11) is 0. The van der Waals surface area contributed by atoms with Crippen molar-refractivity contribution in [1.82, 2.24) is 0 Å². The molecule has 6 aromatic carbocycles. The van der Waals surface area contributed by atoms with Crippen LogP contribution < -0.4 is 0 Å². The molecule has 6 nitrogen and oxygen atoms in total. The van der Waals surface area contributed by atoms with E-state index in [0.29, 0.717) is 11.8 Å². The molecular weight excluding hydrogens is 795 g/mol. The van der Waals surface area contributed by atoms with Gasteiger partial charge in [0, 0.05) is 11.8 Å². The van der Waals surface area contributed by atoms with Crippen molar-refractivity contribution in [3.8, 4) is 0 Å². The Morgan fingerprint density at radius 2 is 0.321 bits per heavy atom. The quantitative estimate of drug-likeness (QED) is 0.0929. The van der Waals surface area contributed by atoms with Crippen LogP contribution in [0.15, 0.2) is 182 Å². The summed E-state index contributed by atoms with van der Waals surface area (Å²) in [6.45, 7) is 28.5. The zero-order chi connectivity index (χ0) is 37.8. The van der Waals surface area contributed by atoms with Gasteiger partial charge in [0.2, 0.25) is 0 Å². The Morgan fingerprint density at radius 1 is 0.226 bits per heavy atom. The van der Waals surface area contributed by atoms with Gasteiger partial charge in [0.25, 0.3) is 0 Å². The first-order chi connectivity index (χ1) is 24.9. The Hall–Kier alpha value is -6.18. The molecule has 0 atom stereocenters. The molecule has 0 saturated heterocycles. The van der Waals surface area contributed by atoms with Gasteiger partial charge in [-0.05, 0) is 33.4 Å². The van der Waals surface area contributed by atoms with Crippen molar-refractivity contribution in [1.29, 1.82) is 31.6 Å². The van der Waals surface area contributed by atoms with E-state index in [-0.39, 0.29) is 51.2 Å². The van der Waals surface area contributed by atoms with Crippen LogP contribution in [0.1, 0.15) is 45.2 Å². The molecule has 53 heavy (non-hydrogen) atoms. The van der Waals surface area contributed by atoms with Crippen LogP contribution in [0.2, 0.25) is 0 Å². The molecule has 0 fully saturated rings. The Labute approximate surface area is 347 Å². The molecule has 0 unspecified atom stereocenters. The van der Waals surface area contributed by atoms with Crippen molar-refractivity contribution in [2.75, 3.05) is 0 Å². The molecule has 0 N–H and O–H groups in total. The van der Waals surface area contributed by atoms with E-state index in [9.17, 15) is 0 Å². The van der Waals surface area contributed by atoms with E-state index in [2.05, 4.69) is 182 Å². The summed E-state index contributed by atoms with van der Waals surface area (Å²) in [5, 5.41) is 37.5. The second-order valence-electron chi connectivity index (χ2n) is 9.33. The second-order valence-corrected chi connectivity index (χ2v) is 9.33. The third-order valence-electron chi connectivity index (χ3n) is 6.80. The van der Waals surface area contributed by atoms with E-state index in [0.717, 1.165) is 0 Å². The van der Waals surface area contributed by atoms with E-state index < -0.39 is 0 Å². The smallest absolute Gasteiger partial charge is 0.512 e. The number of rotatable bonds is 6. The van der Waals surface area contributed by atoms with Gasteiger partial charge in [-0.3, -0.25) is 0 Å². The number of hydrogen-bond donors (Lipinski definition) is 0. The zero-order valence-corrected chi connectivity index (χ0v) is 31.1. The van der Waals surface area contributed by atoms with Gasteiger partial charge < -0.3 is 71.0 Å². The molecule has 2 radical (unpaired) electrons. The molecule has 0 aromatic heterocycles. The van der Waals surface area contributed by atoms with E-state index >= 15 is 0 Å². The minimum absolute atomic E-state index is 0. The van der Waals surface area contributed by atoms with Crippen molar-refractivity contribution < 1.29 is 51.2 Å². The number of hydrogen-bond acceptors (Lipinski definition) is 6. The van der Waals surface area contributed by atoms with Gasteiger partial charge in [0.15, 0.2) is 0 Å². The van der Waals surface area contributed by atoms with E-state index in [1.807, 2.05) is 0 Å². The molecule has 0 spiro atoms. The van der Waals surface area contributed by atoms with Crippen LogP contribution >= 0.6 is 0 Å². The minimum Gasteiger partial charge on any atom is -0.512 e. The summed E-state index contributed by atoms with van der Waals surface area (Å²) < 4.78 is 0. The fourth-order valence-corrected chi connectivity index (χ4v) is 5.03. The maximum atomic E-state index is 6.25. The van der Waals surface area contributed by atoms with Crippen LogP contribution in [0.3, 0.4) is 0 Å². The zero-order valence-electron chi connectivity index (χ0n) is 28.1. The predicted molar refractivity (Wildman–Crippen MR) is 190 cm³/mol. The maximum absolute atomic E-state index is 6.25. The summed E-state index contributed by atoms with van der Waals surface area (Å²) in [5.41, 5.74) is 8.00. The Balaban J connectivity index is -0.000000216. The van der Waals surface area contributed by atoms with E-state index in [1.165, 1.54) is 33.4 Å². The van der Waals surface area contributed by atoms with Crippen molar-refractivity contribution in [3.63, 3.8) is 0 Å². The number of nitrogens with zero attached hydrogens (tertiary/aromatic N) is 6. The summed E-state index contributed by atoms with van der Waals surface area (Å²) in [5.74, 6) is 0.618. The Kier molecular flexibility index (Phi) is 42.7. The monoisotopic (exact) mass is 826 g/mol. The fourth-order valence-electron chi connectivity index (χ4n) is 5.03.